The number of esters is 1. The van der Waals surface area contributed by atoms with Crippen LogP contribution >= 0.6 is 0 Å². The number of hydrogen-bond acceptors (Lipinski definition) is 5. The lowest BCUT2D eigenvalue weighted by Gasteiger charge is -2.17. The van der Waals surface area contributed by atoms with Crippen molar-refractivity contribution in [3.05, 3.63) is 12.0 Å². The van der Waals surface area contributed by atoms with Crippen LogP contribution in [-0.2, 0) is 26.1 Å². The molecule has 0 saturated carbocycles. The molecule has 1 aromatic heterocycles. The number of imidazole rings is 1. The van der Waals surface area contributed by atoms with Gasteiger partial charge in [0.15, 0.2) is 5.03 Å². The zero-order valence-corrected chi connectivity index (χ0v) is 13.9. The Morgan fingerprint density at radius 1 is 1.48 bits per heavy atom. The number of nitrogens with one attached hydrogen (secondary N) is 1. The lowest BCUT2D eigenvalue weighted by Crippen LogP contribution is -2.42. The molecule has 0 aromatic carbocycles. The van der Waals surface area contributed by atoms with Crippen LogP contribution in [0.1, 0.15) is 33.0 Å². The van der Waals surface area contributed by atoms with Crippen LogP contribution in [0.15, 0.2) is 11.2 Å². The predicted octanol–water partition coefficient (Wildman–Crippen LogP) is 1.08. The molecule has 0 bridgehead atoms. The summed E-state index contributed by atoms with van der Waals surface area (Å²) < 4.78 is 33.4. The molecule has 8 heteroatoms. The molecular weight excluding hydrogens is 294 g/mol. The molecule has 0 fully saturated rings. The summed E-state index contributed by atoms with van der Waals surface area (Å²) in [5, 5.41) is -0.0838. The first-order valence-electron chi connectivity index (χ1n) is 6.85. The number of methoxy groups -OCH3 is 1. The number of sulfonamides is 1. The van der Waals surface area contributed by atoms with Gasteiger partial charge in [0, 0.05) is 12.7 Å². The minimum absolute atomic E-state index is 0.0838. The standard InChI is InChI=1S/C13H23N3O4S/c1-6-16-8-12(14-10(16)4)21(18,19)15-11(7-9(2)3)13(17)20-5/h8-9,11,15H,6-7H2,1-5H3. The maximum Gasteiger partial charge on any atom is 0.323 e. The topological polar surface area (TPSA) is 90.3 Å². The van der Waals surface area contributed by atoms with E-state index >= 15 is 0 Å². The van der Waals surface area contributed by atoms with E-state index in [-0.39, 0.29) is 10.9 Å². The van der Waals surface area contributed by atoms with Gasteiger partial charge in [0.05, 0.1) is 7.11 Å². The highest BCUT2D eigenvalue weighted by Crippen LogP contribution is 2.13. The fourth-order valence-electron chi connectivity index (χ4n) is 1.98. The summed E-state index contributed by atoms with van der Waals surface area (Å²) in [7, 11) is -2.62. The molecule has 1 heterocycles. The number of hydrogen-bond donors (Lipinski definition) is 1. The number of aromatic nitrogens is 2. The minimum atomic E-state index is -3.85. The molecule has 0 saturated heterocycles. The number of aryl methyl sites for hydroxylation is 2. The Balaban J connectivity index is 3.02. The molecule has 7 nitrogen and oxygen atoms in total. The van der Waals surface area contributed by atoms with Crippen LogP contribution in [0.4, 0.5) is 0 Å². The average molecular weight is 317 g/mol. The number of rotatable bonds is 7. The van der Waals surface area contributed by atoms with E-state index < -0.39 is 22.0 Å². The van der Waals surface area contributed by atoms with E-state index in [0.717, 1.165) is 0 Å². The van der Waals surface area contributed by atoms with Gasteiger partial charge in [-0.25, -0.2) is 13.4 Å². The number of carbonyl (C=O) groups excluding carboxylic acids is 1. The number of nitrogens with zero attached hydrogens (tertiary/aromatic N) is 2. The highest BCUT2D eigenvalue weighted by Gasteiger charge is 2.28. The molecule has 1 atom stereocenters. The zero-order chi connectivity index (χ0) is 16.2. The second-order valence-corrected chi connectivity index (χ2v) is 6.90. The smallest absolute Gasteiger partial charge is 0.323 e. The Bertz CT molecular complexity index is 593. The van der Waals surface area contributed by atoms with Gasteiger partial charge in [-0.2, -0.15) is 4.72 Å². The maximum atomic E-state index is 12.3. The predicted molar refractivity (Wildman–Crippen MR) is 78.2 cm³/mol. The van der Waals surface area contributed by atoms with Crippen LogP contribution in [0.3, 0.4) is 0 Å². The SMILES string of the molecule is CCn1cc(S(=O)(=O)NC(CC(C)C)C(=O)OC)nc1C. The summed E-state index contributed by atoms with van der Waals surface area (Å²) in [4.78, 5) is 15.7. The first-order chi connectivity index (χ1) is 9.71. The van der Waals surface area contributed by atoms with Gasteiger partial charge >= 0.3 is 5.97 Å². The zero-order valence-electron chi connectivity index (χ0n) is 13.1. The Kier molecular flexibility index (Phi) is 5.91. The summed E-state index contributed by atoms with van der Waals surface area (Å²) in [5.74, 6) is 0.155. The summed E-state index contributed by atoms with van der Waals surface area (Å²) in [6.45, 7) is 8.06. The van der Waals surface area contributed by atoms with Crippen molar-refractivity contribution in [3.8, 4) is 0 Å². The largest absolute Gasteiger partial charge is 0.468 e. The van der Waals surface area contributed by atoms with E-state index in [1.165, 1.54) is 13.3 Å². The first kappa shape index (κ1) is 17.6. The average Bonchev–Trinajstić information content (AvgIpc) is 2.78. The molecule has 1 aromatic rings. The second kappa shape index (κ2) is 7.04. The third-order valence-electron chi connectivity index (χ3n) is 3.06. The third kappa shape index (κ3) is 4.53. The van der Waals surface area contributed by atoms with E-state index in [0.29, 0.717) is 18.8 Å². The molecule has 0 amide bonds. The van der Waals surface area contributed by atoms with Crippen LogP contribution in [0.2, 0.25) is 0 Å². The summed E-state index contributed by atoms with van der Waals surface area (Å²) in [6.07, 6.45) is 1.82. The van der Waals surface area contributed by atoms with Crippen LogP contribution in [-0.4, -0.2) is 37.1 Å². The van der Waals surface area contributed by atoms with Crippen molar-refractivity contribution < 1.29 is 17.9 Å². The molecule has 1 unspecified atom stereocenters. The fraction of sp³-hybridized carbons (Fsp3) is 0.692. The summed E-state index contributed by atoms with van der Waals surface area (Å²) in [6, 6.07) is -0.910. The van der Waals surface area contributed by atoms with Crippen molar-refractivity contribution in [1.82, 2.24) is 14.3 Å². The van der Waals surface area contributed by atoms with Crippen LogP contribution < -0.4 is 4.72 Å². The van der Waals surface area contributed by atoms with Crippen molar-refractivity contribution >= 4 is 16.0 Å². The van der Waals surface area contributed by atoms with E-state index in [1.807, 2.05) is 20.8 Å². The maximum absolute atomic E-state index is 12.3. The lowest BCUT2D eigenvalue weighted by atomic mass is 10.1. The normalized spacial score (nSPS) is 13.4. The molecular formula is C13H23N3O4S. The highest BCUT2D eigenvalue weighted by molar-refractivity contribution is 7.89. The molecule has 1 N–H and O–H groups in total. The quantitative estimate of drug-likeness (QED) is 0.760. The Morgan fingerprint density at radius 2 is 2.10 bits per heavy atom. The van der Waals surface area contributed by atoms with Gasteiger partial charge in [0.1, 0.15) is 11.9 Å². The van der Waals surface area contributed by atoms with Crippen molar-refractivity contribution in [1.29, 1.82) is 0 Å². The van der Waals surface area contributed by atoms with E-state index in [2.05, 4.69) is 14.4 Å². The van der Waals surface area contributed by atoms with Gasteiger partial charge in [0.2, 0.25) is 0 Å². The lowest BCUT2D eigenvalue weighted by molar-refractivity contribution is -0.143. The molecule has 21 heavy (non-hydrogen) atoms. The molecule has 0 radical (unpaired) electrons. The van der Waals surface area contributed by atoms with Crippen molar-refractivity contribution in [2.75, 3.05) is 7.11 Å². The summed E-state index contributed by atoms with van der Waals surface area (Å²) in [5.41, 5.74) is 0. The van der Waals surface area contributed by atoms with Crippen molar-refractivity contribution in [3.63, 3.8) is 0 Å². The Hall–Kier alpha value is -1.41. The molecule has 120 valence electrons. The molecule has 0 spiro atoms. The van der Waals surface area contributed by atoms with Crippen LogP contribution in [0.5, 0.6) is 0 Å². The molecule has 0 aliphatic rings. The van der Waals surface area contributed by atoms with Gasteiger partial charge in [0.25, 0.3) is 10.0 Å². The third-order valence-corrected chi connectivity index (χ3v) is 4.40. The highest BCUT2D eigenvalue weighted by atomic mass is 32.2. The molecule has 0 aliphatic heterocycles. The van der Waals surface area contributed by atoms with E-state index in [4.69, 9.17) is 0 Å². The Labute approximate surface area is 125 Å². The Morgan fingerprint density at radius 3 is 2.52 bits per heavy atom. The number of carbonyl (C=O) groups is 1. The van der Waals surface area contributed by atoms with Crippen LogP contribution in [0.25, 0.3) is 0 Å². The van der Waals surface area contributed by atoms with E-state index in [9.17, 15) is 13.2 Å². The van der Waals surface area contributed by atoms with Crippen LogP contribution in [0, 0.1) is 12.8 Å². The second-order valence-electron chi connectivity index (χ2n) is 5.24. The molecule has 1 rings (SSSR count). The fourth-order valence-corrected chi connectivity index (χ4v) is 3.19. The molecule has 0 aliphatic carbocycles. The van der Waals surface area contributed by atoms with Crippen molar-refractivity contribution in [2.24, 2.45) is 5.92 Å². The van der Waals surface area contributed by atoms with Gasteiger partial charge in [-0.15, -0.1) is 0 Å². The monoisotopic (exact) mass is 317 g/mol. The van der Waals surface area contributed by atoms with Crippen molar-refractivity contribution in [2.45, 2.75) is 51.7 Å². The van der Waals surface area contributed by atoms with Gasteiger partial charge in [-0.3, -0.25) is 4.79 Å². The minimum Gasteiger partial charge on any atom is -0.468 e. The van der Waals surface area contributed by atoms with Gasteiger partial charge in [-0.1, -0.05) is 13.8 Å². The first-order valence-corrected chi connectivity index (χ1v) is 8.33. The summed E-state index contributed by atoms with van der Waals surface area (Å²) >= 11 is 0. The van der Waals surface area contributed by atoms with Gasteiger partial charge in [-0.05, 0) is 26.2 Å². The van der Waals surface area contributed by atoms with Gasteiger partial charge < -0.3 is 9.30 Å². The van der Waals surface area contributed by atoms with E-state index in [1.54, 1.807) is 11.5 Å². The number of ether oxygens (including phenoxy) is 1.